The molecule has 7 nitrogen and oxygen atoms in total. The molecule has 1 aliphatic rings. The Hall–Kier alpha value is -3.74. The summed E-state index contributed by atoms with van der Waals surface area (Å²) in [5.74, 6) is -4.86. The molecule has 1 aromatic carbocycles. The number of alkyl halides is 2. The molecule has 1 N–H and O–H groups in total. The number of aromatic amines is 1. The number of tetrazole rings is 1. The maximum atomic E-state index is 14.8. The number of halogens is 3. The number of H-pyrrole nitrogens is 1. The highest BCUT2D eigenvalue weighted by Gasteiger charge is 2.40. The number of nitrogens with zero attached hydrogens (tertiary/aromatic N) is 6. The summed E-state index contributed by atoms with van der Waals surface area (Å²) in [6.07, 6.45) is 3.87. The molecular weight excluding hydrogens is 383 g/mol. The SMILES string of the molecule is C=C1/C=C\C(C(F)(F)c2nn[nH]n2)=C/CN(Cc2c(F)cccc2C#N)N=C1C. The molecule has 148 valence electrons. The van der Waals surface area contributed by atoms with Gasteiger partial charge in [0.2, 0.25) is 5.82 Å². The Morgan fingerprint density at radius 2 is 2.14 bits per heavy atom. The molecule has 0 radical (unpaired) electrons. The van der Waals surface area contributed by atoms with Crippen molar-refractivity contribution < 1.29 is 13.2 Å². The summed E-state index contributed by atoms with van der Waals surface area (Å²) in [5.41, 5.74) is 0.763. The molecule has 0 spiro atoms. The monoisotopic (exact) mass is 399 g/mol. The zero-order chi connectivity index (χ0) is 21.0. The molecule has 3 rings (SSSR count). The molecule has 0 amide bonds. The van der Waals surface area contributed by atoms with Crippen LogP contribution >= 0.6 is 0 Å². The maximum absolute atomic E-state index is 14.8. The highest BCUT2D eigenvalue weighted by Crippen LogP contribution is 2.34. The second-order valence-electron chi connectivity index (χ2n) is 6.24. The summed E-state index contributed by atoms with van der Waals surface area (Å²) in [5, 5.41) is 26.9. The summed E-state index contributed by atoms with van der Waals surface area (Å²) < 4.78 is 43.8. The first-order chi connectivity index (χ1) is 13.8. The Balaban J connectivity index is 1.98. The van der Waals surface area contributed by atoms with Crippen LogP contribution in [0.2, 0.25) is 0 Å². The van der Waals surface area contributed by atoms with Crippen LogP contribution in [0.4, 0.5) is 13.2 Å². The minimum absolute atomic E-state index is 0.0725. The quantitative estimate of drug-likeness (QED) is 0.852. The predicted molar refractivity (Wildman–Crippen MR) is 99.1 cm³/mol. The Labute approximate surface area is 164 Å². The van der Waals surface area contributed by atoms with Crippen molar-refractivity contribution in [2.45, 2.75) is 19.4 Å². The molecule has 2 heterocycles. The Morgan fingerprint density at radius 1 is 1.34 bits per heavy atom. The van der Waals surface area contributed by atoms with Crippen LogP contribution < -0.4 is 0 Å². The van der Waals surface area contributed by atoms with Gasteiger partial charge in [-0.1, -0.05) is 30.9 Å². The molecule has 0 aliphatic carbocycles. The first kappa shape index (κ1) is 20.0. The molecule has 29 heavy (non-hydrogen) atoms. The normalized spacial score (nSPS) is 18.0. The second kappa shape index (κ2) is 8.10. The number of hydrazone groups is 1. The van der Waals surface area contributed by atoms with E-state index in [-0.39, 0.29) is 29.8 Å². The highest BCUT2D eigenvalue weighted by molar-refractivity contribution is 6.00. The van der Waals surface area contributed by atoms with Gasteiger partial charge in [-0.2, -0.15) is 24.4 Å². The van der Waals surface area contributed by atoms with Crippen molar-refractivity contribution in [1.82, 2.24) is 25.6 Å². The van der Waals surface area contributed by atoms with E-state index in [0.29, 0.717) is 11.3 Å². The maximum Gasteiger partial charge on any atom is 0.335 e. The molecule has 10 heteroatoms. The number of rotatable bonds is 4. The summed E-state index contributed by atoms with van der Waals surface area (Å²) >= 11 is 0. The molecule has 1 aromatic heterocycles. The Morgan fingerprint density at radius 3 is 2.83 bits per heavy atom. The third kappa shape index (κ3) is 4.24. The van der Waals surface area contributed by atoms with Gasteiger partial charge in [0.15, 0.2) is 0 Å². The van der Waals surface area contributed by atoms with Gasteiger partial charge >= 0.3 is 5.92 Å². The number of hydrogen-bond donors (Lipinski definition) is 1. The lowest BCUT2D eigenvalue weighted by Crippen LogP contribution is -2.23. The largest absolute Gasteiger partial charge is 0.335 e. The number of allylic oxidation sites excluding steroid dienone is 4. The van der Waals surface area contributed by atoms with Gasteiger partial charge in [-0.25, -0.2) is 4.39 Å². The fraction of sp³-hybridized carbons (Fsp3) is 0.211. The van der Waals surface area contributed by atoms with Crippen molar-refractivity contribution >= 4 is 5.71 Å². The van der Waals surface area contributed by atoms with E-state index in [0.717, 1.165) is 0 Å². The zero-order valence-electron chi connectivity index (χ0n) is 15.4. The van der Waals surface area contributed by atoms with Crippen molar-refractivity contribution in [2.24, 2.45) is 5.10 Å². The molecule has 2 aromatic rings. The standard InChI is InChI=1S/C19H16F3N7/c1-12-6-7-15(19(21,22)18-24-27-28-25-18)8-9-29(26-13(12)2)11-16-14(10-23)4-3-5-17(16)20/h3-8H,1,9,11H2,2H3,(H,24,25,27,28)/b7-6-,15-8+,26-13?. The minimum Gasteiger partial charge on any atom is -0.288 e. The molecule has 0 fully saturated rings. The number of nitriles is 1. The number of hydrogen-bond acceptors (Lipinski definition) is 6. The summed E-state index contributed by atoms with van der Waals surface area (Å²) in [7, 11) is 0. The molecule has 0 atom stereocenters. The van der Waals surface area contributed by atoms with E-state index in [9.17, 15) is 18.4 Å². The Kier molecular flexibility index (Phi) is 5.59. The fourth-order valence-electron chi connectivity index (χ4n) is 2.66. The van der Waals surface area contributed by atoms with Gasteiger partial charge in [-0.05, 0) is 29.8 Å². The van der Waals surface area contributed by atoms with Crippen molar-refractivity contribution in [2.75, 3.05) is 6.54 Å². The molecule has 0 saturated carbocycles. The van der Waals surface area contributed by atoms with Crippen LogP contribution in [0.3, 0.4) is 0 Å². The lowest BCUT2D eigenvalue weighted by Gasteiger charge is -2.20. The average Bonchev–Trinajstić information content (AvgIpc) is 3.25. The first-order valence-corrected chi connectivity index (χ1v) is 8.50. The van der Waals surface area contributed by atoms with Crippen molar-refractivity contribution in [3.63, 3.8) is 0 Å². The van der Waals surface area contributed by atoms with Gasteiger partial charge in [0.05, 0.1) is 30.4 Å². The summed E-state index contributed by atoms with van der Waals surface area (Å²) in [6.45, 7) is 5.32. The number of nitrogens with one attached hydrogen (secondary N) is 1. The lowest BCUT2D eigenvalue weighted by molar-refractivity contribution is 0.0314. The number of benzene rings is 1. The Bertz CT molecular complexity index is 1050. The fourth-order valence-corrected chi connectivity index (χ4v) is 2.66. The van der Waals surface area contributed by atoms with E-state index < -0.39 is 17.6 Å². The van der Waals surface area contributed by atoms with E-state index in [1.54, 1.807) is 6.92 Å². The van der Waals surface area contributed by atoms with Crippen LogP contribution in [-0.4, -0.2) is 37.9 Å². The van der Waals surface area contributed by atoms with Crippen LogP contribution in [0, 0.1) is 17.1 Å². The predicted octanol–water partition coefficient (Wildman–Crippen LogP) is 3.23. The van der Waals surface area contributed by atoms with Gasteiger partial charge in [0.1, 0.15) is 5.82 Å². The molecule has 0 bridgehead atoms. The van der Waals surface area contributed by atoms with Gasteiger partial charge in [-0.15, -0.1) is 10.2 Å². The smallest absolute Gasteiger partial charge is 0.288 e. The van der Waals surface area contributed by atoms with E-state index >= 15 is 0 Å². The van der Waals surface area contributed by atoms with Gasteiger partial charge in [0, 0.05) is 11.1 Å². The van der Waals surface area contributed by atoms with E-state index in [1.165, 1.54) is 41.4 Å². The van der Waals surface area contributed by atoms with Crippen LogP contribution in [-0.2, 0) is 12.5 Å². The lowest BCUT2D eigenvalue weighted by atomic mass is 10.0. The molecule has 0 unspecified atom stereocenters. The highest BCUT2D eigenvalue weighted by atomic mass is 19.3. The van der Waals surface area contributed by atoms with E-state index in [4.69, 9.17) is 0 Å². The number of aromatic nitrogens is 4. The topological polar surface area (TPSA) is 93.9 Å². The third-order valence-electron chi connectivity index (χ3n) is 4.31. The van der Waals surface area contributed by atoms with Crippen LogP contribution in [0.1, 0.15) is 23.9 Å². The third-order valence-corrected chi connectivity index (χ3v) is 4.31. The van der Waals surface area contributed by atoms with Crippen molar-refractivity contribution in [1.29, 1.82) is 5.26 Å². The summed E-state index contributed by atoms with van der Waals surface area (Å²) in [6, 6.07) is 6.08. The summed E-state index contributed by atoms with van der Waals surface area (Å²) in [4.78, 5) is 0. The zero-order valence-corrected chi connectivity index (χ0v) is 15.4. The van der Waals surface area contributed by atoms with E-state index in [1.807, 2.05) is 11.3 Å². The van der Waals surface area contributed by atoms with Gasteiger partial charge in [0.25, 0.3) is 0 Å². The van der Waals surface area contributed by atoms with Gasteiger partial charge < -0.3 is 0 Å². The average molecular weight is 399 g/mol. The van der Waals surface area contributed by atoms with Gasteiger partial charge in [-0.3, -0.25) is 5.01 Å². The first-order valence-electron chi connectivity index (χ1n) is 8.50. The van der Waals surface area contributed by atoms with Crippen LogP contribution in [0.25, 0.3) is 0 Å². The van der Waals surface area contributed by atoms with E-state index in [2.05, 4.69) is 27.1 Å². The van der Waals surface area contributed by atoms with Crippen molar-refractivity contribution in [3.8, 4) is 6.07 Å². The molecule has 1 aliphatic heterocycles. The van der Waals surface area contributed by atoms with Crippen LogP contribution in [0.5, 0.6) is 0 Å². The molecule has 0 saturated heterocycles. The van der Waals surface area contributed by atoms with Crippen molar-refractivity contribution in [3.05, 3.63) is 76.9 Å². The second-order valence-corrected chi connectivity index (χ2v) is 6.24. The van der Waals surface area contributed by atoms with Crippen LogP contribution in [0.15, 0.2) is 59.3 Å². The molecular formula is C19H16F3N7. The minimum atomic E-state index is -3.51.